The molecule has 174 valence electrons. The number of aromatic nitrogens is 1. The van der Waals surface area contributed by atoms with Crippen molar-refractivity contribution < 1.29 is 13.9 Å². The Morgan fingerprint density at radius 1 is 1.18 bits per heavy atom. The Morgan fingerprint density at radius 3 is 2.76 bits per heavy atom. The quantitative estimate of drug-likeness (QED) is 0.369. The molecule has 0 amide bonds. The minimum Gasteiger partial charge on any atom is -0.440 e. The minimum absolute atomic E-state index is 0.139. The van der Waals surface area contributed by atoms with Gasteiger partial charge in [0.05, 0.1) is 29.4 Å². The summed E-state index contributed by atoms with van der Waals surface area (Å²) in [6, 6.07) is 13.2. The molecule has 0 bridgehead atoms. The summed E-state index contributed by atoms with van der Waals surface area (Å²) in [6.45, 7) is 4.62. The third kappa shape index (κ3) is 4.13. The van der Waals surface area contributed by atoms with Crippen LogP contribution in [-0.2, 0) is 19.7 Å². The van der Waals surface area contributed by atoms with E-state index >= 15 is 0 Å². The highest BCUT2D eigenvalue weighted by atomic mass is 35.5. The minimum atomic E-state index is -0.280. The average molecular weight is 480 g/mol. The molecule has 0 spiro atoms. The Hall–Kier alpha value is -3.42. The number of aliphatic hydroxyl groups is 1. The summed E-state index contributed by atoms with van der Waals surface area (Å²) < 4.78 is 20.0. The molecule has 2 aromatic carbocycles. The topological polar surface area (TPSA) is 78.6 Å². The molecule has 4 aromatic rings. The van der Waals surface area contributed by atoms with Gasteiger partial charge in [-0.05, 0) is 60.9 Å². The van der Waals surface area contributed by atoms with Gasteiger partial charge in [0, 0.05) is 24.7 Å². The number of nitrogens with zero attached hydrogens (tertiary/aromatic N) is 2. The van der Waals surface area contributed by atoms with Crippen molar-refractivity contribution in [2.45, 2.75) is 39.6 Å². The highest BCUT2D eigenvalue weighted by molar-refractivity contribution is 6.29. The fourth-order valence-corrected chi connectivity index (χ4v) is 4.62. The van der Waals surface area contributed by atoms with Gasteiger partial charge in [-0.3, -0.25) is 4.79 Å². The first-order chi connectivity index (χ1) is 16.3. The van der Waals surface area contributed by atoms with Crippen LogP contribution in [-0.4, -0.2) is 10.1 Å². The smallest absolute Gasteiger partial charge is 0.200 e. The van der Waals surface area contributed by atoms with Gasteiger partial charge < -0.3 is 19.7 Å². The molecule has 1 aliphatic heterocycles. The van der Waals surface area contributed by atoms with E-state index in [1.807, 2.05) is 30.9 Å². The fraction of sp³-hybridized carbons (Fsp3) is 0.231. The van der Waals surface area contributed by atoms with Crippen molar-refractivity contribution in [1.29, 1.82) is 0 Å². The Labute approximate surface area is 200 Å². The monoisotopic (exact) mass is 479 g/mol. The number of anilines is 2. The zero-order valence-corrected chi connectivity index (χ0v) is 19.5. The average Bonchev–Trinajstić information content (AvgIpc) is 3.23. The number of hydrogen-bond acceptors (Lipinski definition) is 6. The molecule has 1 aliphatic rings. The molecule has 8 heteroatoms. The number of aryl methyl sites for hydroxylation is 1. The van der Waals surface area contributed by atoms with Crippen LogP contribution in [0.2, 0.25) is 5.15 Å². The molecular formula is C26H23ClFN3O3. The van der Waals surface area contributed by atoms with E-state index in [1.165, 1.54) is 18.2 Å². The number of rotatable bonds is 5. The van der Waals surface area contributed by atoms with Crippen molar-refractivity contribution in [2.75, 3.05) is 10.2 Å². The van der Waals surface area contributed by atoms with Crippen LogP contribution < -0.4 is 15.6 Å². The lowest BCUT2D eigenvalue weighted by Crippen LogP contribution is -2.17. The maximum atomic E-state index is 13.7. The lowest BCUT2D eigenvalue weighted by Gasteiger charge is -2.21. The number of nitrogens with one attached hydrogen (secondary N) is 1. The summed E-state index contributed by atoms with van der Waals surface area (Å²) in [5.74, 6) is 0.160. The molecule has 0 radical (unpaired) electrons. The SMILES string of the molecule is Cc1cc(C(C)Nc2ccc(Cl)nc2CO)c2oc(N3Cc4ccc(F)cc4C3)cc(=O)c2c1. The molecule has 1 unspecified atom stereocenters. The molecule has 0 fully saturated rings. The Kier molecular flexibility index (Phi) is 5.75. The summed E-state index contributed by atoms with van der Waals surface area (Å²) in [6.07, 6.45) is 0. The summed E-state index contributed by atoms with van der Waals surface area (Å²) >= 11 is 5.96. The van der Waals surface area contributed by atoms with Crippen LogP contribution in [0, 0.1) is 12.7 Å². The van der Waals surface area contributed by atoms with Crippen LogP contribution in [0.4, 0.5) is 16.0 Å². The van der Waals surface area contributed by atoms with Gasteiger partial charge in [0.2, 0.25) is 5.88 Å². The molecular weight excluding hydrogens is 457 g/mol. The number of aliphatic hydroxyl groups excluding tert-OH is 1. The van der Waals surface area contributed by atoms with Crippen molar-refractivity contribution >= 4 is 34.1 Å². The predicted octanol–water partition coefficient (Wildman–Crippen LogP) is 5.47. The van der Waals surface area contributed by atoms with Crippen molar-refractivity contribution in [1.82, 2.24) is 4.98 Å². The fourth-order valence-electron chi connectivity index (χ4n) is 4.46. The zero-order chi connectivity index (χ0) is 24.0. The van der Waals surface area contributed by atoms with E-state index < -0.39 is 0 Å². The van der Waals surface area contributed by atoms with Crippen molar-refractivity contribution in [2.24, 2.45) is 0 Å². The van der Waals surface area contributed by atoms with Gasteiger partial charge in [0.25, 0.3) is 0 Å². The second-order valence-corrected chi connectivity index (χ2v) is 8.99. The summed E-state index contributed by atoms with van der Waals surface area (Å²) in [5.41, 5.74) is 5.05. The molecule has 0 saturated heterocycles. The van der Waals surface area contributed by atoms with E-state index in [0.717, 1.165) is 22.3 Å². The normalized spacial score (nSPS) is 13.9. The number of fused-ring (bicyclic) bond motifs is 2. The molecule has 3 heterocycles. The summed E-state index contributed by atoms with van der Waals surface area (Å²) in [4.78, 5) is 19.2. The van der Waals surface area contributed by atoms with Gasteiger partial charge in [-0.1, -0.05) is 23.7 Å². The maximum absolute atomic E-state index is 13.7. The van der Waals surface area contributed by atoms with E-state index in [0.29, 0.717) is 46.5 Å². The second-order valence-electron chi connectivity index (χ2n) is 8.60. The van der Waals surface area contributed by atoms with Gasteiger partial charge in [-0.15, -0.1) is 0 Å². The Balaban J connectivity index is 1.55. The molecule has 2 aromatic heterocycles. The Bertz CT molecular complexity index is 1470. The third-order valence-corrected chi connectivity index (χ3v) is 6.33. The molecule has 0 saturated carbocycles. The lowest BCUT2D eigenvalue weighted by atomic mass is 10.0. The maximum Gasteiger partial charge on any atom is 0.200 e. The molecule has 0 aliphatic carbocycles. The van der Waals surface area contributed by atoms with Crippen molar-refractivity contribution in [3.63, 3.8) is 0 Å². The van der Waals surface area contributed by atoms with E-state index in [1.54, 1.807) is 18.2 Å². The van der Waals surface area contributed by atoms with Crippen molar-refractivity contribution in [3.05, 3.63) is 97.7 Å². The van der Waals surface area contributed by atoms with E-state index in [4.69, 9.17) is 16.0 Å². The highest BCUT2D eigenvalue weighted by Gasteiger charge is 2.24. The van der Waals surface area contributed by atoms with Crippen molar-refractivity contribution in [3.8, 4) is 0 Å². The first kappa shape index (κ1) is 22.4. The third-order valence-electron chi connectivity index (χ3n) is 6.12. The Morgan fingerprint density at radius 2 is 1.97 bits per heavy atom. The largest absolute Gasteiger partial charge is 0.440 e. The zero-order valence-electron chi connectivity index (χ0n) is 18.7. The van der Waals surface area contributed by atoms with Crippen LogP contribution in [0.5, 0.6) is 0 Å². The van der Waals surface area contributed by atoms with Gasteiger partial charge in [-0.2, -0.15) is 0 Å². The van der Waals surface area contributed by atoms with Gasteiger partial charge in [0.1, 0.15) is 16.6 Å². The molecule has 34 heavy (non-hydrogen) atoms. The second kappa shape index (κ2) is 8.74. The first-order valence-corrected chi connectivity index (χ1v) is 11.3. The lowest BCUT2D eigenvalue weighted by molar-refractivity contribution is 0.277. The number of halogens is 2. The van der Waals surface area contributed by atoms with E-state index in [9.17, 15) is 14.3 Å². The van der Waals surface area contributed by atoms with Gasteiger partial charge in [-0.25, -0.2) is 9.37 Å². The predicted molar refractivity (Wildman–Crippen MR) is 131 cm³/mol. The standard InChI is InChI=1S/C26H23ClFN3O3/c1-14-7-19(15(2)29-21-5-6-24(27)30-22(21)13-32)26-20(8-14)23(33)10-25(34-26)31-11-16-3-4-18(28)9-17(16)12-31/h3-10,15,29,32H,11-13H2,1-2H3. The van der Waals surface area contributed by atoms with Crippen LogP contribution in [0.1, 0.15) is 40.9 Å². The number of benzene rings is 2. The number of hydrogen-bond donors (Lipinski definition) is 2. The van der Waals surface area contributed by atoms with E-state index in [2.05, 4.69) is 10.3 Å². The first-order valence-electron chi connectivity index (χ1n) is 11.0. The summed E-state index contributed by atoms with van der Waals surface area (Å²) in [7, 11) is 0. The van der Waals surface area contributed by atoms with Gasteiger partial charge in [0.15, 0.2) is 5.43 Å². The van der Waals surface area contributed by atoms with Crippen LogP contribution in [0.25, 0.3) is 11.0 Å². The van der Waals surface area contributed by atoms with Crippen LogP contribution in [0.15, 0.2) is 57.7 Å². The molecule has 6 nitrogen and oxygen atoms in total. The van der Waals surface area contributed by atoms with E-state index in [-0.39, 0.29) is 23.9 Å². The highest BCUT2D eigenvalue weighted by Crippen LogP contribution is 2.33. The van der Waals surface area contributed by atoms with Crippen LogP contribution in [0.3, 0.4) is 0 Å². The van der Waals surface area contributed by atoms with Crippen LogP contribution >= 0.6 is 11.6 Å². The van der Waals surface area contributed by atoms with Gasteiger partial charge >= 0.3 is 0 Å². The molecule has 5 rings (SSSR count). The molecule has 2 N–H and O–H groups in total. The summed E-state index contributed by atoms with van der Waals surface area (Å²) in [5, 5.41) is 13.8. The molecule has 1 atom stereocenters. The number of pyridine rings is 1.